The van der Waals surface area contributed by atoms with Gasteiger partial charge in [-0.15, -0.1) is 0 Å². The average Bonchev–Trinajstić information content (AvgIpc) is 3.92. The van der Waals surface area contributed by atoms with Crippen LogP contribution in [-0.4, -0.2) is 78.9 Å². The number of para-hydroxylation sites is 1. The standard InChI is InChI=1S/C41H57N7O4/c1-27(2)24-35(38(50)45-32(13-8-9-20-42)39(51)47-22-18-41(19-23-47)17-21-44-40(41)52)48-34-14-7-6-12-30(34)26-33(36(48)29-15-16-29)46-37(49)31(43)25-28-10-4-3-5-11-28/h3-7,10-12,14,27,31-33,35H,8-9,13,15-26,42-43H2,1-2H3,(H,44,52)(H,45,50)(H,46,49)/t31-,32-,33-,35-/m1/s1. The highest BCUT2D eigenvalue weighted by Crippen LogP contribution is 2.44. The van der Waals surface area contributed by atoms with Crippen LogP contribution in [0.3, 0.4) is 0 Å². The summed E-state index contributed by atoms with van der Waals surface area (Å²) in [5.74, 6) is -0.256. The van der Waals surface area contributed by atoms with Crippen LogP contribution >= 0.6 is 0 Å². The van der Waals surface area contributed by atoms with Crippen LogP contribution in [0.15, 0.2) is 65.9 Å². The summed E-state index contributed by atoms with van der Waals surface area (Å²) in [6.07, 6.45) is 7.40. The van der Waals surface area contributed by atoms with Gasteiger partial charge in [0.1, 0.15) is 12.1 Å². The number of rotatable bonds is 14. The molecule has 7 N–H and O–H groups in total. The maximum atomic E-state index is 14.8. The number of nitrogens with one attached hydrogen (secondary N) is 3. The van der Waals surface area contributed by atoms with Crippen molar-refractivity contribution in [2.45, 2.75) is 109 Å². The number of allylic oxidation sites excluding steroid dienone is 1. The topological polar surface area (TPSA) is 163 Å². The Kier molecular flexibility index (Phi) is 12.0. The normalized spacial score (nSPS) is 21.0. The number of amides is 4. The number of unbranched alkanes of at least 4 members (excludes halogenated alkanes) is 1. The van der Waals surface area contributed by atoms with Gasteiger partial charge in [0.25, 0.3) is 0 Å². The van der Waals surface area contributed by atoms with Crippen molar-refractivity contribution in [3.8, 4) is 0 Å². The monoisotopic (exact) mass is 711 g/mol. The molecule has 11 heteroatoms. The number of hydrogen-bond donors (Lipinski definition) is 5. The Morgan fingerprint density at radius 1 is 0.962 bits per heavy atom. The molecule has 0 aromatic heterocycles. The van der Waals surface area contributed by atoms with Crippen LogP contribution in [0, 0.1) is 11.3 Å². The highest BCUT2D eigenvalue weighted by molar-refractivity contribution is 5.93. The predicted molar refractivity (Wildman–Crippen MR) is 203 cm³/mol. The SMILES string of the molecule is CC(C)C[C@H](C(=O)N[C@H](CCCCN)C(=O)N1CCC2(CCNC2=O)CC1)N1C(=C2CC2)[C@H](NC(=O)[C@H](N)Cc2ccccc2)Cc2ccccc21. The highest BCUT2D eigenvalue weighted by atomic mass is 16.2. The Bertz CT molecular complexity index is 1630. The molecule has 1 aliphatic carbocycles. The highest BCUT2D eigenvalue weighted by Gasteiger charge is 2.46. The molecule has 11 nitrogen and oxygen atoms in total. The van der Waals surface area contributed by atoms with E-state index in [-0.39, 0.29) is 41.0 Å². The van der Waals surface area contributed by atoms with Gasteiger partial charge in [0, 0.05) is 37.4 Å². The Balaban J connectivity index is 1.25. The van der Waals surface area contributed by atoms with Crippen molar-refractivity contribution in [1.29, 1.82) is 0 Å². The quantitative estimate of drug-likeness (QED) is 0.188. The lowest BCUT2D eigenvalue weighted by Crippen LogP contribution is -2.59. The number of carbonyl (C=O) groups is 4. The second-order valence-electron chi connectivity index (χ2n) is 15.7. The lowest BCUT2D eigenvalue weighted by molar-refractivity contribution is -0.141. The summed E-state index contributed by atoms with van der Waals surface area (Å²) in [5.41, 5.74) is 17.1. The minimum absolute atomic E-state index is 0.0963. The Morgan fingerprint density at radius 2 is 1.67 bits per heavy atom. The second-order valence-corrected chi connectivity index (χ2v) is 15.7. The van der Waals surface area contributed by atoms with Crippen molar-refractivity contribution in [3.05, 3.63) is 77.0 Å². The zero-order valence-corrected chi connectivity index (χ0v) is 30.9. The summed E-state index contributed by atoms with van der Waals surface area (Å²) >= 11 is 0. The van der Waals surface area contributed by atoms with Crippen LogP contribution in [0.4, 0.5) is 5.69 Å². The third-order valence-corrected chi connectivity index (χ3v) is 11.4. The van der Waals surface area contributed by atoms with Crippen LogP contribution in [-0.2, 0) is 32.0 Å². The van der Waals surface area contributed by atoms with Crippen molar-refractivity contribution in [2.24, 2.45) is 22.8 Å². The van der Waals surface area contributed by atoms with Crippen molar-refractivity contribution in [2.75, 3.05) is 31.1 Å². The summed E-state index contributed by atoms with van der Waals surface area (Å²) in [6.45, 7) is 6.40. The van der Waals surface area contributed by atoms with Gasteiger partial charge in [0.05, 0.1) is 17.5 Å². The zero-order chi connectivity index (χ0) is 36.8. The minimum atomic E-state index is -0.721. The molecule has 280 valence electrons. The molecular formula is C41H57N7O4. The Hall–Kier alpha value is -4.22. The summed E-state index contributed by atoms with van der Waals surface area (Å²) in [5, 5.41) is 9.50. The molecule has 2 aromatic rings. The molecule has 0 radical (unpaired) electrons. The largest absolute Gasteiger partial charge is 0.356 e. The smallest absolute Gasteiger partial charge is 0.245 e. The maximum Gasteiger partial charge on any atom is 0.245 e. The Morgan fingerprint density at radius 3 is 2.33 bits per heavy atom. The molecule has 3 heterocycles. The van der Waals surface area contributed by atoms with Crippen molar-refractivity contribution in [3.63, 3.8) is 0 Å². The summed E-state index contributed by atoms with van der Waals surface area (Å²) in [7, 11) is 0. The molecule has 3 fully saturated rings. The molecule has 0 bridgehead atoms. The van der Waals surface area contributed by atoms with E-state index in [2.05, 4.69) is 46.8 Å². The summed E-state index contributed by atoms with van der Waals surface area (Å²) in [6, 6.07) is 15.5. The first-order chi connectivity index (χ1) is 25.1. The average molecular weight is 712 g/mol. The molecular weight excluding hydrogens is 654 g/mol. The molecule has 2 saturated heterocycles. The van der Waals surface area contributed by atoms with Crippen LogP contribution in [0.2, 0.25) is 0 Å². The molecule has 52 heavy (non-hydrogen) atoms. The zero-order valence-electron chi connectivity index (χ0n) is 30.9. The second kappa shape index (κ2) is 16.6. The molecule has 1 saturated carbocycles. The van der Waals surface area contributed by atoms with Gasteiger partial charge in [-0.25, -0.2) is 0 Å². The van der Waals surface area contributed by atoms with Crippen LogP contribution in [0.1, 0.15) is 82.8 Å². The van der Waals surface area contributed by atoms with E-state index < -0.39 is 18.1 Å². The van der Waals surface area contributed by atoms with Gasteiger partial charge in [0.15, 0.2) is 0 Å². The van der Waals surface area contributed by atoms with Crippen molar-refractivity contribution >= 4 is 29.3 Å². The number of piperidine rings is 1. The molecule has 2 aromatic carbocycles. The van der Waals surface area contributed by atoms with E-state index in [9.17, 15) is 19.2 Å². The van der Waals surface area contributed by atoms with Crippen LogP contribution < -0.4 is 32.3 Å². The van der Waals surface area contributed by atoms with Crippen molar-refractivity contribution < 1.29 is 19.2 Å². The lowest BCUT2D eigenvalue weighted by Gasteiger charge is -2.44. The number of hydrogen-bond acceptors (Lipinski definition) is 7. The Labute approximate surface area is 308 Å². The number of nitrogens with two attached hydrogens (primary N) is 2. The third kappa shape index (κ3) is 8.52. The van der Waals surface area contributed by atoms with E-state index in [1.807, 2.05) is 47.4 Å². The van der Waals surface area contributed by atoms with Gasteiger partial charge in [0.2, 0.25) is 23.6 Å². The first kappa shape index (κ1) is 37.5. The molecule has 0 unspecified atom stereocenters. The van der Waals surface area contributed by atoms with Crippen molar-refractivity contribution in [1.82, 2.24) is 20.9 Å². The fraction of sp³-hybridized carbons (Fsp3) is 0.561. The number of carbonyl (C=O) groups excluding carboxylic acids is 4. The summed E-state index contributed by atoms with van der Waals surface area (Å²) < 4.78 is 0. The van der Waals surface area contributed by atoms with E-state index in [0.29, 0.717) is 71.1 Å². The van der Waals surface area contributed by atoms with Gasteiger partial charge in [-0.3, -0.25) is 19.2 Å². The number of likely N-dealkylation sites (tertiary alicyclic amines) is 1. The molecule has 4 aliphatic rings. The predicted octanol–water partition coefficient (Wildman–Crippen LogP) is 3.31. The number of anilines is 1. The third-order valence-electron chi connectivity index (χ3n) is 11.4. The first-order valence-corrected chi connectivity index (χ1v) is 19.4. The molecule has 4 atom stereocenters. The first-order valence-electron chi connectivity index (χ1n) is 19.4. The fourth-order valence-electron chi connectivity index (χ4n) is 8.33. The van der Waals surface area contributed by atoms with Crippen LogP contribution in [0.25, 0.3) is 0 Å². The van der Waals surface area contributed by atoms with E-state index in [1.54, 1.807) is 0 Å². The van der Waals surface area contributed by atoms with E-state index in [1.165, 1.54) is 5.57 Å². The maximum absolute atomic E-state index is 14.8. The molecule has 4 amide bonds. The van der Waals surface area contributed by atoms with E-state index >= 15 is 0 Å². The van der Waals surface area contributed by atoms with E-state index in [4.69, 9.17) is 11.5 Å². The van der Waals surface area contributed by atoms with Gasteiger partial charge in [-0.2, -0.15) is 0 Å². The van der Waals surface area contributed by atoms with Gasteiger partial charge >= 0.3 is 0 Å². The number of nitrogens with zero attached hydrogens (tertiary/aromatic N) is 2. The number of fused-ring (bicyclic) bond motifs is 1. The molecule has 1 spiro atoms. The molecule has 3 aliphatic heterocycles. The fourth-order valence-corrected chi connectivity index (χ4v) is 8.33. The van der Waals surface area contributed by atoms with Gasteiger partial charge in [-0.05, 0) is 99.4 Å². The molecule has 6 rings (SSSR count). The van der Waals surface area contributed by atoms with E-state index in [0.717, 1.165) is 48.2 Å². The number of benzene rings is 2. The van der Waals surface area contributed by atoms with Gasteiger partial charge < -0.3 is 37.2 Å². The lowest BCUT2D eigenvalue weighted by atomic mass is 9.77. The minimum Gasteiger partial charge on any atom is -0.356 e. The van der Waals surface area contributed by atoms with Gasteiger partial charge in [-0.1, -0.05) is 62.4 Å². The van der Waals surface area contributed by atoms with Crippen LogP contribution in [0.5, 0.6) is 0 Å². The summed E-state index contributed by atoms with van der Waals surface area (Å²) in [4.78, 5) is 59.2.